The zero-order chi connectivity index (χ0) is 21.3. The first-order valence-corrected chi connectivity index (χ1v) is 9.60. The number of nitriles is 1. The summed E-state index contributed by atoms with van der Waals surface area (Å²) < 4.78 is 38.1. The van der Waals surface area contributed by atoms with E-state index < -0.39 is 11.7 Å². The summed E-state index contributed by atoms with van der Waals surface area (Å²) in [4.78, 5) is 17.8. The molecule has 1 amide bonds. The SMILES string of the molecule is N#Cc1ccc(N2CCCC(NC(=O)c3ccc(C(F)(F)F)cc3)C2)c2cc[nH]c12. The van der Waals surface area contributed by atoms with Crippen molar-refractivity contribution in [1.29, 1.82) is 5.26 Å². The molecule has 1 fully saturated rings. The van der Waals surface area contributed by atoms with Gasteiger partial charge in [0.15, 0.2) is 0 Å². The molecule has 1 aliphatic rings. The molecule has 2 aromatic carbocycles. The van der Waals surface area contributed by atoms with Crippen LogP contribution in [0.25, 0.3) is 10.9 Å². The van der Waals surface area contributed by atoms with Crippen LogP contribution in [0.15, 0.2) is 48.7 Å². The Bertz CT molecular complexity index is 1110. The zero-order valence-corrected chi connectivity index (χ0v) is 16.0. The Morgan fingerprint density at radius 2 is 1.93 bits per heavy atom. The Hall–Kier alpha value is -3.47. The summed E-state index contributed by atoms with van der Waals surface area (Å²) in [7, 11) is 0. The summed E-state index contributed by atoms with van der Waals surface area (Å²) >= 11 is 0. The summed E-state index contributed by atoms with van der Waals surface area (Å²) in [6, 6.07) is 11.9. The number of aromatic nitrogens is 1. The van der Waals surface area contributed by atoms with Gasteiger partial charge < -0.3 is 15.2 Å². The first-order valence-electron chi connectivity index (χ1n) is 9.60. The number of rotatable bonds is 3. The number of carbonyl (C=O) groups is 1. The van der Waals surface area contributed by atoms with Crippen LogP contribution >= 0.6 is 0 Å². The lowest BCUT2D eigenvalue weighted by atomic mass is 10.0. The van der Waals surface area contributed by atoms with Crippen LogP contribution in [0.1, 0.15) is 34.3 Å². The smallest absolute Gasteiger partial charge is 0.369 e. The van der Waals surface area contributed by atoms with E-state index in [-0.39, 0.29) is 17.5 Å². The fraction of sp³-hybridized carbons (Fsp3) is 0.273. The average molecular weight is 412 g/mol. The van der Waals surface area contributed by atoms with Gasteiger partial charge in [-0.3, -0.25) is 4.79 Å². The minimum atomic E-state index is -4.43. The summed E-state index contributed by atoms with van der Waals surface area (Å²) in [5.41, 5.74) is 1.76. The van der Waals surface area contributed by atoms with Gasteiger partial charge in [0.2, 0.25) is 0 Å². The lowest BCUT2D eigenvalue weighted by Crippen LogP contribution is -2.47. The molecule has 30 heavy (non-hydrogen) atoms. The number of benzene rings is 2. The minimum Gasteiger partial charge on any atom is -0.369 e. The molecule has 1 aliphatic heterocycles. The number of aromatic amines is 1. The van der Waals surface area contributed by atoms with Crippen molar-refractivity contribution in [3.8, 4) is 6.07 Å². The van der Waals surface area contributed by atoms with Crippen molar-refractivity contribution in [1.82, 2.24) is 10.3 Å². The molecule has 154 valence electrons. The molecule has 1 saturated heterocycles. The van der Waals surface area contributed by atoms with Gasteiger partial charge in [-0.05, 0) is 55.3 Å². The molecule has 1 aromatic heterocycles. The van der Waals surface area contributed by atoms with Crippen molar-refractivity contribution in [2.75, 3.05) is 18.0 Å². The van der Waals surface area contributed by atoms with E-state index in [0.29, 0.717) is 12.1 Å². The number of alkyl halides is 3. The van der Waals surface area contributed by atoms with E-state index in [2.05, 4.69) is 21.3 Å². The second-order valence-corrected chi connectivity index (χ2v) is 7.34. The van der Waals surface area contributed by atoms with E-state index in [9.17, 15) is 23.2 Å². The highest BCUT2D eigenvalue weighted by molar-refractivity contribution is 5.96. The summed E-state index contributed by atoms with van der Waals surface area (Å²) in [5.74, 6) is -0.387. The largest absolute Gasteiger partial charge is 0.416 e. The molecular formula is C22H19F3N4O. The highest BCUT2D eigenvalue weighted by atomic mass is 19.4. The molecule has 1 atom stereocenters. The van der Waals surface area contributed by atoms with Crippen molar-refractivity contribution in [2.24, 2.45) is 0 Å². The van der Waals surface area contributed by atoms with Crippen molar-refractivity contribution < 1.29 is 18.0 Å². The molecule has 1 unspecified atom stereocenters. The number of nitrogens with one attached hydrogen (secondary N) is 2. The monoisotopic (exact) mass is 412 g/mol. The number of halogens is 3. The Balaban J connectivity index is 1.48. The van der Waals surface area contributed by atoms with Crippen LogP contribution < -0.4 is 10.2 Å². The number of nitrogens with zero attached hydrogens (tertiary/aromatic N) is 2. The highest BCUT2D eigenvalue weighted by Gasteiger charge is 2.30. The number of carbonyl (C=O) groups excluding carboxylic acids is 1. The molecule has 0 saturated carbocycles. The molecule has 5 nitrogen and oxygen atoms in total. The van der Waals surface area contributed by atoms with Crippen molar-refractivity contribution in [3.63, 3.8) is 0 Å². The fourth-order valence-electron chi connectivity index (χ4n) is 3.90. The maximum Gasteiger partial charge on any atom is 0.416 e. The maximum absolute atomic E-state index is 12.7. The highest BCUT2D eigenvalue weighted by Crippen LogP contribution is 2.31. The van der Waals surface area contributed by atoms with Crippen molar-refractivity contribution >= 4 is 22.5 Å². The standard InChI is InChI=1S/C22H19F3N4O/c23-22(24,25)16-6-3-14(4-7-16)21(30)28-17-2-1-11-29(13-17)19-8-5-15(12-26)20-18(19)9-10-27-20/h3-10,17,27H,1-2,11,13H2,(H,28,30). The number of piperidine rings is 1. The van der Waals surface area contributed by atoms with Gasteiger partial charge in [-0.2, -0.15) is 18.4 Å². The van der Waals surface area contributed by atoms with Gasteiger partial charge in [0.1, 0.15) is 6.07 Å². The molecule has 2 N–H and O–H groups in total. The molecule has 3 aromatic rings. The maximum atomic E-state index is 12.7. The molecule has 0 radical (unpaired) electrons. The lowest BCUT2D eigenvalue weighted by molar-refractivity contribution is -0.137. The lowest BCUT2D eigenvalue weighted by Gasteiger charge is -2.35. The van der Waals surface area contributed by atoms with Crippen LogP contribution in [0.5, 0.6) is 0 Å². The van der Waals surface area contributed by atoms with Crippen molar-refractivity contribution in [3.05, 3.63) is 65.4 Å². The molecule has 0 aliphatic carbocycles. The van der Waals surface area contributed by atoms with E-state index in [1.54, 1.807) is 12.3 Å². The van der Waals surface area contributed by atoms with E-state index in [4.69, 9.17) is 0 Å². The second kappa shape index (κ2) is 7.75. The summed E-state index contributed by atoms with van der Waals surface area (Å²) in [6.07, 6.45) is -0.980. The first-order chi connectivity index (χ1) is 14.4. The number of anilines is 1. The van der Waals surface area contributed by atoms with E-state index >= 15 is 0 Å². The topological polar surface area (TPSA) is 71.9 Å². The van der Waals surface area contributed by atoms with Crippen LogP contribution in [0, 0.1) is 11.3 Å². The number of hydrogen-bond donors (Lipinski definition) is 2. The number of H-pyrrole nitrogens is 1. The Labute approximate surface area is 171 Å². The Morgan fingerprint density at radius 1 is 1.17 bits per heavy atom. The quantitative estimate of drug-likeness (QED) is 0.667. The predicted octanol–water partition coefficient (Wildman–Crippen LogP) is 4.46. The molecule has 2 heterocycles. The third kappa shape index (κ3) is 3.83. The summed E-state index contributed by atoms with van der Waals surface area (Å²) in [6.45, 7) is 1.40. The van der Waals surface area contributed by atoms with Crippen LogP contribution in [0.3, 0.4) is 0 Å². The average Bonchev–Trinajstić information content (AvgIpc) is 3.22. The van der Waals surface area contributed by atoms with Gasteiger partial charge in [0.25, 0.3) is 5.91 Å². The molecule has 4 rings (SSSR count). The predicted molar refractivity (Wildman–Crippen MR) is 107 cm³/mol. The normalized spacial score (nSPS) is 17.0. The molecular weight excluding hydrogens is 393 g/mol. The van der Waals surface area contributed by atoms with Gasteiger partial charge in [0, 0.05) is 42.0 Å². The van der Waals surface area contributed by atoms with Gasteiger partial charge in [-0.15, -0.1) is 0 Å². The van der Waals surface area contributed by atoms with Gasteiger partial charge in [-0.25, -0.2) is 0 Å². The number of hydrogen-bond acceptors (Lipinski definition) is 3. The minimum absolute atomic E-state index is 0.127. The van der Waals surface area contributed by atoms with Crippen molar-refractivity contribution in [2.45, 2.75) is 25.1 Å². The molecule has 8 heteroatoms. The first kappa shape index (κ1) is 19.8. The fourth-order valence-corrected chi connectivity index (χ4v) is 3.90. The second-order valence-electron chi connectivity index (χ2n) is 7.34. The van der Waals surface area contributed by atoms with Crippen LogP contribution in [0.4, 0.5) is 18.9 Å². The van der Waals surface area contributed by atoms with E-state index in [1.165, 1.54) is 12.1 Å². The zero-order valence-electron chi connectivity index (χ0n) is 16.0. The third-order valence-corrected chi connectivity index (χ3v) is 5.39. The van der Waals surface area contributed by atoms with Crippen LogP contribution in [-0.2, 0) is 6.18 Å². The van der Waals surface area contributed by atoms with E-state index in [1.807, 2.05) is 12.1 Å². The third-order valence-electron chi connectivity index (χ3n) is 5.39. The Morgan fingerprint density at radius 3 is 2.63 bits per heavy atom. The molecule has 0 spiro atoms. The van der Waals surface area contributed by atoms with Crippen LogP contribution in [-0.4, -0.2) is 30.0 Å². The van der Waals surface area contributed by atoms with Gasteiger partial charge in [0.05, 0.1) is 16.6 Å². The van der Waals surface area contributed by atoms with Crippen LogP contribution in [0.2, 0.25) is 0 Å². The van der Waals surface area contributed by atoms with Gasteiger partial charge in [-0.1, -0.05) is 0 Å². The molecule has 0 bridgehead atoms. The van der Waals surface area contributed by atoms with E-state index in [0.717, 1.165) is 48.1 Å². The number of fused-ring (bicyclic) bond motifs is 1. The number of amides is 1. The Kier molecular flexibility index (Phi) is 5.12. The summed E-state index contributed by atoms with van der Waals surface area (Å²) in [5, 5.41) is 13.2. The van der Waals surface area contributed by atoms with Gasteiger partial charge >= 0.3 is 6.18 Å².